The second-order valence-corrected chi connectivity index (χ2v) is 12.3. The van der Waals surface area contributed by atoms with Crippen LogP contribution in [0.5, 0.6) is 0 Å². The number of pyridine rings is 1. The molecule has 0 saturated carbocycles. The Bertz CT molecular complexity index is 1810. The van der Waals surface area contributed by atoms with Crippen molar-refractivity contribution in [3.05, 3.63) is 117 Å². The van der Waals surface area contributed by atoms with Crippen molar-refractivity contribution in [2.45, 2.75) is 59.8 Å². The van der Waals surface area contributed by atoms with Crippen molar-refractivity contribution in [2.24, 2.45) is 0 Å². The van der Waals surface area contributed by atoms with E-state index in [0.717, 1.165) is 71.2 Å². The molecule has 1 aliphatic rings. The molecule has 3 aromatic carbocycles. The van der Waals surface area contributed by atoms with Gasteiger partial charge in [-0.1, -0.05) is 41.4 Å². The smallest absolute Gasteiger partial charge is 0.256 e. The van der Waals surface area contributed by atoms with Crippen LogP contribution in [-0.2, 0) is 4.74 Å². The number of rotatable bonds is 8. The molecule has 0 saturated heterocycles. The van der Waals surface area contributed by atoms with E-state index < -0.39 is 0 Å². The second kappa shape index (κ2) is 14.1. The van der Waals surface area contributed by atoms with Gasteiger partial charge in [-0.3, -0.25) is 9.59 Å². The van der Waals surface area contributed by atoms with E-state index in [9.17, 15) is 9.59 Å². The molecule has 2 amide bonds. The first-order chi connectivity index (χ1) is 21.6. The zero-order valence-electron chi connectivity index (χ0n) is 26.7. The topological polar surface area (TPSA) is 71.5 Å². The molecule has 232 valence electrons. The van der Waals surface area contributed by atoms with Crippen molar-refractivity contribution < 1.29 is 14.3 Å². The molecular weight excluding hydrogens is 582 g/mol. The van der Waals surface area contributed by atoms with E-state index in [1.54, 1.807) is 35.2 Å². The zero-order valence-corrected chi connectivity index (χ0v) is 27.4. The largest absolute Gasteiger partial charge is 0.467 e. The minimum absolute atomic E-state index is 0.0660. The maximum Gasteiger partial charge on any atom is 0.256 e. The van der Waals surface area contributed by atoms with E-state index in [2.05, 4.69) is 24.4 Å². The summed E-state index contributed by atoms with van der Waals surface area (Å²) in [7, 11) is 1.82. The summed E-state index contributed by atoms with van der Waals surface area (Å²) in [6, 6.07) is 20.3. The summed E-state index contributed by atoms with van der Waals surface area (Å²) in [5.41, 5.74) is 7.14. The van der Waals surface area contributed by atoms with Gasteiger partial charge in [0.25, 0.3) is 11.8 Å². The van der Waals surface area contributed by atoms with Crippen molar-refractivity contribution in [2.75, 3.05) is 18.9 Å². The molecule has 0 atom stereocenters. The van der Waals surface area contributed by atoms with Crippen LogP contribution in [0.3, 0.4) is 0 Å². The number of carbonyl (C=O) groups is 2. The number of aryl methyl sites for hydroxylation is 2. The average Bonchev–Trinajstić information content (AvgIpc) is 3.01. The van der Waals surface area contributed by atoms with Gasteiger partial charge in [-0.2, -0.15) is 0 Å². The number of ether oxygens (including phenoxy) is 1. The molecule has 4 aromatic rings. The summed E-state index contributed by atoms with van der Waals surface area (Å²) >= 11 is 6.50. The lowest BCUT2D eigenvalue weighted by atomic mass is 9.99. The summed E-state index contributed by atoms with van der Waals surface area (Å²) in [6.07, 6.45) is 6.96. The van der Waals surface area contributed by atoms with Crippen molar-refractivity contribution >= 4 is 40.0 Å². The minimum atomic E-state index is -0.261. The SMILES string of the molecule is C/C1=C(\CCCN(C)C(=O)c2ccc(NC(=O)c3cc(-c4ccccc4Cl)nc4c(C)cc(C)cc34)cc2)O/C(C)=C/CCC1. The molecule has 0 spiro atoms. The average molecular weight is 622 g/mol. The molecule has 45 heavy (non-hydrogen) atoms. The summed E-state index contributed by atoms with van der Waals surface area (Å²) < 4.78 is 6.07. The van der Waals surface area contributed by atoms with Crippen LogP contribution in [-0.4, -0.2) is 35.3 Å². The van der Waals surface area contributed by atoms with Crippen LogP contribution in [0.15, 0.2) is 89.9 Å². The molecule has 0 fully saturated rings. The van der Waals surface area contributed by atoms with Crippen molar-refractivity contribution in [1.29, 1.82) is 0 Å². The number of hydrogen-bond acceptors (Lipinski definition) is 4. The number of nitrogens with one attached hydrogen (secondary N) is 1. The fourth-order valence-corrected chi connectivity index (χ4v) is 6.00. The van der Waals surface area contributed by atoms with Crippen LogP contribution in [0.4, 0.5) is 5.69 Å². The molecule has 0 unspecified atom stereocenters. The third-order valence-electron chi connectivity index (χ3n) is 8.22. The number of allylic oxidation sites excluding steroid dienone is 4. The van der Waals surface area contributed by atoms with E-state index in [1.807, 2.05) is 58.2 Å². The summed E-state index contributed by atoms with van der Waals surface area (Å²) in [5, 5.41) is 4.36. The van der Waals surface area contributed by atoms with Gasteiger partial charge in [-0.15, -0.1) is 0 Å². The second-order valence-electron chi connectivity index (χ2n) is 11.9. The maximum atomic E-state index is 13.7. The molecule has 6 nitrogen and oxygen atoms in total. The van der Waals surface area contributed by atoms with Crippen molar-refractivity contribution in [1.82, 2.24) is 9.88 Å². The Balaban J connectivity index is 1.29. The van der Waals surface area contributed by atoms with Gasteiger partial charge in [0.05, 0.1) is 22.5 Å². The quantitative estimate of drug-likeness (QED) is 0.213. The molecule has 0 aliphatic carbocycles. The first kappa shape index (κ1) is 32.0. The van der Waals surface area contributed by atoms with Gasteiger partial charge in [0.2, 0.25) is 0 Å². The molecule has 2 heterocycles. The third kappa shape index (κ3) is 7.63. The minimum Gasteiger partial charge on any atom is -0.467 e. The first-order valence-corrected chi connectivity index (χ1v) is 15.9. The lowest BCUT2D eigenvalue weighted by molar-refractivity contribution is 0.0791. The predicted octanol–water partition coefficient (Wildman–Crippen LogP) is 9.65. The standard InChI is InChI=1S/C38H40ClN3O3/c1-24-21-26(3)36-31(22-24)32(23-34(41-36)30-13-8-9-14-33(30)39)37(43)40-29-18-16-28(17-19-29)38(44)42(5)20-10-15-35-25(2)11-6-7-12-27(4)45-35/h8-9,12-14,16-19,21-23H,6-7,10-11,15,20H2,1-5H3,(H,40,43)/b27-12+,35-25-. The van der Waals surface area contributed by atoms with E-state index in [4.69, 9.17) is 21.3 Å². The van der Waals surface area contributed by atoms with Gasteiger partial charge in [0.1, 0.15) is 5.76 Å². The number of anilines is 1. The number of carbonyl (C=O) groups excluding carboxylic acids is 2. The monoisotopic (exact) mass is 621 g/mol. The van der Waals surface area contributed by atoms with Crippen LogP contribution < -0.4 is 5.32 Å². The number of halogens is 1. The zero-order chi connectivity index (χ0) is 32.1. The van der Waals surface area contributed by atoms with Gasteiger partial charge in [0, 0.05) is 47.2 Å². The number of amides is 2. The third-order valence-corrected chi connectivity index (χ3v) is 8.55. The van der Waals surface area contributed by atoms with Crippen molar-refractivity contribution in [3.8, 4) is 11.3 Å². The highest BCUT2D eigenvalue weighted by Gasteiger charge is 2.18. The molecule has 0 bridgehead atoms. The summed E-state index contributed by atoms with van der Waals surface area (Å²) in [4.78, 5) is 33.5. The lowest BCUT2D eigenvalue weighted by Crippen LogP contribution is -2.27. The van der Waals surface area contributed by atoms with E-state index in [-0.39, 0.29) is 11.8 Å². The van der Waals surface area contributed by atoms with Crippen LogP contribution in [0.2, 0.25) is 5.02 Å². The molecule has 0 radical (unpaired) electrons. The molecule has 1 aliphatic heterocycles. The Morgan fingerprint density at radius 1 is 1.00 bits per heavy atom. The Labute approximate surface area is 270 Å². The summed E-state index contributed by atoms with van der Waals surface area (Å²) in [6.45, 7) is 8.75. The number of benzene rings is 3. The van der Waals surface area contributed by atoms with E-state index >= 15 is 0 Å². The fraction of sp³-hybridized carbons (Fsp3) is 0.289. The number of nitrogens with zero attached hydrogens (tertiary/aromatic N) is 2. The van der Waals surface area contributed by atoms with Gasteiger partial charge in [-0.25, -0.2) is 4.98 Å². The highest BCUT2D eigenvalue weighted by Crippen LogP contribution is 2.32. The van der Waals surface area contributed by atoms with E-state index in [0.29, 0.717) is 34.1 Å². The number of aromatic nitrogens is 1. The molecule has 7 heteroatoms. The van der Waals surface area contributed by atoms with Gasteiger partial charge in [-0.05, 0) is 113 Å². The van der Waals surface area contributed by atoms with Gasteiger partial charge >= 0.3 is 0 Å². The Morgan fingerprint density at radius 2 is 1.76 bits per heavy atom. The van der Waals surface area contributed by atoms with Crippen molar-refractivity contribution in [3.63, 3.8) is 0 Å². The van der Waals surface area contributed by atoms with Crippen LogP contribution >= 0.6 is 11.6 Å². The van der Waals surface area contributed by atoms with Crippen LogP contribution in [0.25, 0.3) is 22.2 Å². The van der Waals surface area contributed by atoms with Gasteiger partial charge < -0.3 is 15.0 Å². The number of hydrogen-bond donors (Lipinski definition) is 1. The Morgan fingerprint density at radius 3 is 2.51 bits per heavy atom. The highest BCUT2D eigenvalue weighted by atomic mass is 35.5. The Kier molecular flexibility index (Phi) is 10.0. The Hall–Kier alpha value is -4.42. The molecule has 5 rings (SSSR count). The normalized spacial score (nSPS) is 16.3. The first-order valence-electron chi connectivity index (χ1n) is 15.5. The molecule has 1 aromatic heterocycles. The van der Waals surface area contributed by atoms with E-state index in [1.165, 1.54) is 5.57 Å². The predicted molar refractivity (Wildman–Crippen MR) is 184 cm³/mol. The molecular formula is C38H40ClN3O3. The van der Waals surface area contributed by atoms with Crippen LogP contribution in [0.1, 0.15) is 77.8 Å². The summed E-state index contributed by atoms with van der Waals surface area (Å²) in [5.74, 6) is 1.64. The maximum absolute atomic E-state index is 13.7. The number of fused-ring (bicyclic) bond motifs is 1. The highest BCUT2D eigenvalue weighted by molar-refractivity contribution is 6.33. The van der Waals surface area contributed by atoms with Crippen LogP contribution in [0, 0.1) is 13.8 Å². The lowest BCUT2D eigenvalue weighted by Gasteiger charge is -2.20. The van der Waals surface area contributed by atoms with Gasteiger partial charge in [0.15, 0.2) is 0 Å². The fourth-order valence-electron chi connectivity index (χ4n) is 5.77. The molecule has 1 N–H and O–H groups in total.